The molecule has 0 amide bonds. The number of hydrogen-bond acceptors (Lipinski definition) is 4. The molecule has 0 aliphatic heterocycles. The minimum atomic E-state index is -0.0555. The number of hydrogen-bond donors (Lipinski definition) is 0. The average molecular weight is 257 g/mol. The van der Waals surface area contributed by atoms with Gasteiger partial charge in [-0.05, 0) is 25.1 Å². The Bertz CT molecular complexity index is 567. The molecule has 0 spiro atoms. The minimum Gasteiger partial charge on any atom is -0.493 e. The third-order valence-electron chi connectivity index (χ3n) is 2.68. The molecule has 0 atom stereocenters. The summed E-state index contributed by atoms with van der Waals surface area (Å²) in [6.07, 6.45) is 3.43. The molecular weight excluding hydrogens is 242 g/mol. The first-order valence-corrected chi connectivity index (χ1v) is 5.92. The van der Waals surface area contributed by atoms with Crippen LogP contribution < -0.4 is 9.47 Å². The van der Waals surface area contributed by atoms with Crippen molar-refractivity contribution in [2.24, 2.45) is 0 Å². The number of rotatable bonds is 5. The highest BCUT2D eigenvalue weighted by Gasteiger charge is 2.14. The van der Waals surface area contributed by atoms with Crippen LogP contribution in [0, 0.1) is 0 Å². The van der Waals surface area contributed by atoms with Gasteiger partial charge in [0.25, 0.3) is 0 Å². The van der Waals surface area contributed by atoms with Crippen molar-refractivity contribution in [2.75, 3.05) is 7.11 Å². The zero-order valence-corrected chi connectivity index (χ0v) is 10.9. The van der Waals surface area contributed by atoms with Crippen LogP contribution in [0.4, 0.5) is 0 Å². The number of carbonyl (C=O) groups excluding carboxylic acids is 1. The molecule has 2 rings (SSSR count). The van der Waals surface area contributed by atoms with Gasteiger partial charge in [-0.1, -0.05) is 12.1 Å². The van der Waals surface area contributed by atoms with Crippen molar-refractivity contribution in [3.8, 4) is 11.5 Å². The molecule has 0 N–H and O–H groups in total. The first kappa shape index (κ1) is 13.1. The van der Waals surface area contributed by atoms with E-state index >= 15 is 0 Å². The molecule has 0 unspecified atom stereocenters. The minimum absolute atomic E-state index is 0.0555. The van der Waals surface area contributed by atoms with Crippen molar-refractivity contribution in [1.82, 2.24) is 4.98 Å². The quantitative estimate of drug-likeness (QED) is 0.773. The Morgan fingerprint density at radius 2 is 2.11 bits per heavy atom. The highest BCUT2D eigenvalue weighted by atomic mass is 16.5. The molecule has 2 aromatic rings. The van der Waals surface area contributed by atoms with E-state index in [2.05, 4.69) is 4.98 Å². The zero-order valence-electron chi connectivity index (χ0n) is 10.9. The molecule has 1 aromatic carbocycles. The monoisotopic (exact) mass is 257 g/mol. The molecule has 0 bridgehead atoms. The number of ketones is 1. The zero-order chi connectivity index (χ0) is 13.7. The molecule has 1 heterocycles. The third-order valence-corrected chi connectivity index (χ3v) is 2.68. The summed E-state index contributed by atoms with van der Waals surface area (Å²) in [5.41, 5.74) is 1.45. The van der Waals surface area contributed by atoms with Crippen molar-refractivity contribution in [1.29, 1.82) is 0 Å². The van der Waals surface area contributed by atoms with Crippen LogP contribution >= 0.6 is 0 Å². The maximum atomic E-state index is 11.6. The number of aromatic nitrogens is 1. The number of pyridine rings is 1. The maximum absolute atomic E-state index is 11.6. The van der Waals surface area contributed by atoms with E-state index in [0.717, 1.165) is 5.56 Å². The fourth-order valence-corrected chi connectivity index (χ4v) is 1.74. The van der Waals surface area contributed by atoms with Crippen LogP contribution in [0.3, 0.4) is 0 Å². The van der Waals surface area contributed by atoms with Crippen LogP contribution in [0.2, 0.25) is 0 Å². The summed E-state index contributed by atoms with van der Waals surface area (Å²) in [5, 5.41) is 0. The van der Waals surface area contributed by atoms with Crippen molar-refractivity contribution in [3.05, 3.63) is 53.9 Å². The summed E-state index contributed by atoms with van der Waals surface area (Å²) in [6, 6.07) is 9.02. The lowest BCUT2D eigenvalue weighted by Gasteiger charge is -2.13. The first-order valence-electron chi connectivity index (χ1n) is 5.92. The van der Waals surface area contributed by atoms with Crippen LogP contribution in [-0.4, -0.2) is 17.9 Å². The summed E-state index contributed by atoms with van der Waals surface area (Å²) < 4.78 is 11.0. The number of para-hydroxylation sites is 1. The fourth-order valence-electron chi connectivity index (χ4n) is 1.74. The number of benzene rings is 1. The van der Waals surface area contributed by atoms with Gasteiger partial charge < -0.3 is 9.47 Å². The predicted octanol–water partition coefficient (Wildman–Crippen LogP) is 2.87. The first-order chi connectivity index (χ1) is 9.22. The van der Waals surface area contributed by atoms with Gasteiger partial charge in [-0.15, -0.1) is 0 Å². The molecular formula is C15H15NO3. The molecule has 0 fully saturated rings. The van der Waals surface area contributed by atoms with E-state index < -0.39 is 0 Å². The van der Waals surface area contributed by atoms with E-state index in [9.17, 15) is 4.79 Å². The Hall–Kier alpha value is -2.36. The topological polar surface area (TPSA) is 48.4 Å². The normalized spacial score (nSPS) is 10.0. The van der Waals surface area contributed by atoms with Crippen LogP contribution in [-0.2, 0) is 6.61 Å². The van der Waals surface area contributed by atoms with Crippen LogP contribution in [0.1, 0.15) is 22.8 Å². The van der Waals surface area contributed by atoms with Gasteiger partial charge in [-0.25, -0.2) is 0 Å². The molecule has 0 aliphatic rings. The molecule has 0 aliphatic carbocycles. The molecule has 0 saturated carbocycles. The van der Waals surface area contributed by atoms with Gasteiger partial charge in [0.05, 0.1) is 12.7 Å². The van der Waals surface area contributed by atoms with Gasteiger partial charge in [-0.3, -0.25) is 9.78 Å². The second-order valence-electron chi connectivity index (χ2n) is 4.04. The molecule has 0 saturated heterocycles. The van der Waals surface area contributed by atoms with Crippen LogP contribution in [0.25, 0.3) is 0 Å². The second-order valence-corrected chi connectivity index (χ2v) is 4.04. The largest absolute Gasteiger partial charge is 0.493 e. The number of Topliss-reactive ketones (excluding diaryl/α,β-unsaturated/α-hetero) is 1. The summed E-state index contributed by atoms with van der Waals surface area (Å²) in [4.78, 5) is 15.6. The molecule has 4 nitrogen and oxygen atoms in total. The van der Waals surface area contributed by atoms with Crippen molar-refractivity contribution in [3.63, 3.8) is 0 Å². The second kappa shape index (κ2) is 6.00. The van der Waals surface area contributed by atoms with Crippen molar-refractivity contribution >= 4 is 5.78 Å². The highest BCUT2D eigenvalue weighted by Crippen LogP contribution is 2.31. The van der Waals surface area contributed by atoms with Gasteiger partial charge in [0, 0.05) is 18.0 Å². The molecule has 0 radical (unpaired) electrons. The Labute approximate surface area is 112 Å². The van der Waals surface area contributed by atoms with E-state index in [4.69, 9.17) is 9.47 Å². The number of nitrogens with zero attached hydrogens (tertiary/aromatic N) is 1. The van der Waals surface area contributed by atoms with Gasteiger partial charge in [0.15, 0.2) is 17.3 Å². The van der Waals surface area contributed by atoms with Crippen molar-refractivity contribution < 1.29 is 14.3 Å². The lowest BCUT2D eigenvalue weighted by Crippen LogP contribution is -2.03. The summed E-state index contributed by atoms with van der Waals surface area (Å²) in [5.74, 6) is 0.970. The average Bonchev–Trinajstić information content (AvgIpc) is 2.45. The molecule has 98 valence electrons. The highest BCUT2D eigenvalue weighted by molar-refractivity contribution is 5.97. The Morgan fingerprint density at radius 3 is 2.74 bits per heavy atom. The predicted molar refractivity (Wildman–Crippen MR) is 71.6 cm³/mol. The number of carbonyl (C=O) groups is 1. The Morgan fingerprint density at radius 1 is 1.26 bits per heavy atom. The van der Waals surface area contributed by atoms with Crippen LogP contribution in [0.15, 0.2) is 42.7 Å². The maximum Gasteiger partial charge on any atom is 0.172 e. The van der Waals surface area contributed by atoms with Gasteiger partial charge in [0.1, 0.15) is 6.61 Å². The summed E-state index contributed by atoms with van der Waals surface area (Å²) in [6.45, 7) is 1.85. The molecule has 4 heteroatoms. The lowest BCUT2D eigenvalue weighted by atomic mass is 10.1. The van der Waals surface area contributed by atoms with Gasteiger partial charge in [-0.2, -0.15) is 0 Å². The third kappa shape index (κ3) is 3.10. The number of ether oxygens (including phenoxy) is 2. The number of methoxy groups -OCH3 is 1. The standard InChI is InChI=1S/C15H15NO3/c1-11(17)13-6-3-7-14(18-2)15(13)19-10-12-5-4-8-16-9-12/h3-9H,10H2,1-2H3. The van der Waals surface area contributed by atoms with Gasteiger partial charge >= 0.3 is 0 Å². The Balaban J connectivity index is 2.25. The SMILES string of the molecule is COc1cccc(C(C)=O)c1OCc1cccnc1. The summed E-state index contributed by atoms with van der Waals surface area (Å²) in [7, 11) is 1.55. The van der Waals surface area contributed by atoms with Gasteiger partial charge in [0.2, 0.25) is 0 Å². The van der Waals surface area contributed by atoms with E-state index in [0.29, 0.717) is 23.7 Å². The smallest absolute Gasteiger partial charge is 0.172 e. The summed E-state index contributed by atoms with van der Waals surface area (Å²) >= 11 is 0. The van der Waals surface area contributed by atoms with Crippen molar-refractivity contribution in [2.45, 2.75) is 13.5 Å². The fraction of sp³-hybridized carbons (Fsp3) is 0.200. The van der Waals surface area contributed by atoms with E-state index in [1.807, 2.05) is 12.1 Å². The van der Waals surface area contributed by atoms with E-state index in [1.165, 1.54) is 6.92 Å². The van der Waals surface area contributed by atoms with E-state index in [-0.39, 0.29) is 5.78 Å². The van der Waals surface area contributed by atoms with E-state index in [1.54, 1.807) is 37.7 Å². The molecule has 1 aromatic heterocycles. The van der Waals surface area contributed by atoms with Crippen LogP contribution in [0.5, 0.6) is 11.5 Å². The molecule has 19 heavy (non-hydrogen) atoms. The Kier molecular flexibility index (Phi) is 4.13. The lowest BCUT2D eigenvalue weighted by molar-refractivity contribution is 0.101.